The smallest absolute Gasteiger partial charge is 0.256 e. The van der Waals surface area contributed by atoms with Crippen molar-refractivity contribution < 1.29 is 9.90 Å². The zero-order valence-corrected chi connectivity index (χ0v) is 11.2. The molecule has 7 heteroatoms. The average molecular weight is 281 g/mol. The van der Waals surface area contributed by atoms with Crippen LogP contribution in [0.25, 0.3) is 0 Å². The molecule has 1 aromatic carbocycles. The van der Waals surface area contributed by atoms with Crippen LogP contribution in [0.1, 0.15) is 16.1 Å². The molecule has 0 aliphatic heterocycles. The maximum absolute atomic E-state index is 12.0. The van der Waals surface area contributed by atoms with Crippen molar-refractivity contribution in [2.24, 2.45) is 7.05 Å². The molecule has 0 atom stereocenters. The summed E-state index contributed by atoms with van der Waals surface area (Å²) in [5, 5.41) is 16.2. The molecule has 0 saturated heterocycles. The fourth-order valence-corrected chi connectivity index (χ4v) is 1.83. The van der Waals surface area contributed by atoms with Crippen LogP contribution in [0.15, 0.2) is 18.2 Å². The molecule has 0 spiro atoms. The van der Waals surface area contributed by atoms with Gasteiger partial charge in [-0.2, -0.15) is 5.10 Å². The number of carbonyl (C=O) groups is 1. The lowest BCUT2D eigenvalue weighted by Gasteiger charge is -2.07. The van der Waals surface area contributed by atoms with E-state index < -0.39 is 0 Å². The Bertz CT molecular complexity index is 651. The van der Waals surface area contributed by atoms with Crippen LogP contribution in [-0.2, 0) is 7.05 Å². The van der Waals surface area contributed by atoms with Crippen LogP contribution in [0, 0.1) is 6.92 Å². The molecule has 100 valence electrons. The first-order valence-corrected chi connectivity index (χ1v) is 5.87. The van der Waals surface area contributed by atoms with Crippen LogP contribution >= 0.6 is 11.6 Å². The number of aryl methyl sites for hydroxylation is 2. The van der Waals surface area contributed by atoms with Gasteiger partial charge in [0, 0.05) is 12.6 Å². The van der Waals surface area contributed by atoms with Crippen LogP contribution in [0.5, 0.6) is 5.75 Å². The molecule has 0 radical (unpaired) electrons. The predicted molar refractivity (Wildman–Crippen MR) is 73.4 cm³/mol. The number of hydrogen-bond donors (Lipinski definition) is 3. The second-order valence-corrected chi connectivity index (χ2v) is 4.50. The second-order valence-electron chi connectivity index (χ2n) is 4.09. The zero-order valence-electron chi connectivity index (χ0n) is 10.4. The summed E-state index contributed by atoms with van der Waals surface area (Å²) in [6, 6.07) is 4.21. The Labute approximate surface area is 114 Å². The summed E-state index contributed by atoms with van der Waals surface area (Å²) in [6.07, 6.45) is 0. The number of nitrogens with one attached hydrogen (secondary N) is 1. The van der Waals surface area contributed by atoms with Gasteiger partial charge in [-0.05, 0) is 25.1 Å². The molecule has 1 aromatic heterocycles. The van der Waals surface area contributed by atoms with E-state index in [1.165, 1.54) is 22.9 Å². The van der Waals surface area contributed by atoms with E-state index in [-0.39, 0.29) is 16.7 Å². The Balaban J connectivity index is 2.28. The number of halogens is 1. The highest BCUT2D eigenvalue weighted by atomic mass is 35.5. The van der Waals surface area contributed by atoms with E-state index in [0.29, 0.717) is 22.8 Å². The lowest BCUT2D eigenvalue weighted by atomic mass is 10.2. The van der Waals surface area contributed by atoms with Crippen molar-refractivity contribution in [3.05, 3.63) is 34.5 Å². The number of phenols is 1. The van der Waals surface area contributed by atoms with Crippen molar-refractivity contribution in [2.45, 2.75) is 6.92 Å². The molecular weight excluding hydrogens is 268 g/mol. The first-order chi connectivity index (χ1) is 8.90. The molecule has 4 N–H and O–H groups in total. The van der Waals surface area contributed by atoms with Crippen molar-refractivity contribution in [2.75, 3.05) is 11.1 Å². The minimum absolute atomic E-state index is 0.0749. The quantitative estimate of drug-likeness (QED) is 0.783. The number of hydrogen-bond acceptors (Lipinski definition) is 4. The number of nitrogens with zero attached hydrogens (tertiary/aromatic N) is 2. The van der Waals surface area contributed by atoms with E-state index in [0.717, 1.165) is 0 Å². The van der Waals surface area contributed by atoms with Gasteiger partial charge in [0.1, 0.15) is 5.75 Å². The molecule has 0 aliphatic rings. The number of nitrogen functional groups attached to an aromatic ring is 1. The van der Waals surface area contributed by atoms with Gasteiger partial charge >= 0.3 is 0 Å². The number of rotatable bonds is 2. The fraction of sp³-hybridized carbons (Fsp3) is 0.167. The van der Waals surface area contributed by atoms with Crippen molar-refractivity contribution in [1.29, 1.82) is 0 Å². The van der Waals surface area contributed by atoms with Gasteiger partial charge in [-0.1, -0.05) is 11.6 Å². The Morgan fingerprint density at radius 2 is 2.21 bits per heavy atom. The predicted octanol–water partition coefficient (Wildman–Crippen LogP) is 1.92. The van der Waals surface area contributed by atoms with Gasteiger partial charge in [0.05, 0.1) is 16.4 Å². The minimum atomic E-state index is -0.378. The number of aromatic hydroxyl groups is 1. The van der Waals surface area contributed by atoms with Crippen LogP contribution in [-0.4, -0.2) is 20.8 Å². The minimum Gasteiger partial charge on any atom is -0.506 e. The molecule has 0 saturated carbocycles. The van der Waals surface area contributed by atoms with Crippen LogP contribution in [0.3, 0.4) is 0 Å². The number of amides is 1. The average Bonchev–Trinajstić information content (AvgIpc) is 2.59. The highest BCUT2D eigenvalue weighted by molar-refractivity contribution is 6.32. The summed E-state index contributed by atoms with van der Waals surface area (Å²) in [5.41, 5.74) is 7.20. The van der Waals surface area contributed by atoms with E-state index >= 15 is 0 Å². The van der Waals surface area contributed by atoms with Gasteiger partial charge in [-0.3, -0.25) is 9.48 Å². The van der Waals surface area contributed by atoms with Crippen molar-refractivity contribution >= 4 is 29.0 Å². The maximum Gasteiger partial charge on any atom is 0.256 e. The molecule has 0 bridgehead atoms. The topological polar surface area (TPSA) is 93.2 Å². The summed E-state index contributed by atoms with van der Waals surface area (Å²) in [6.45, 7) is 1.75. The Hall–Kier alpha value is -2.21. The highest BCUT2D eigenvalue weighted by Crippen LogP contribution is 2.25. The summed E-state index contributed by atoms with van der Waals surface area (Å²) in [4.78, 5) is 12.0. The molecule has 0 aliphatic carbocycles. The third kappa shape index (κ3) is 2.48. The lowest BCUT2D eigenvalue weighted by Crippen LogP contribution is -2.15. The SMILES string of the molecule is Cc1nn(C)c(NC(=O)c2ccc(O)c(Cl)c2)c1N. The van der Waals surface area contributed by atoms with Crippen molar-refractivity contribution in [3.8, 4) is 5.75 Å². The number of aromatic nitrogens is 2. The van der Waals surface area contributed by atoms with Gasteiger partial charge < -0.3 is 16.2 Å². The molecule has 0 fully saturated rings. The van der Waals surface area contributed by atoms with Crippen LogP contribution in [0.2, 0.25) is 5.02 Å². The fourth-order valence-electron chi connectivity index (χ4n) is 1.65. The van der Waals surface area contributed by atoms with Gasteiger partial charge in [0.25, 0.3) is 5.91 Å². The lowest BCUT2D eigenvalue weighted by molar-refractivity contribution is 0.102. The van der Waals surface area contributed by atoms with E-state index in [4.69, 9.17) is 17.3 Å². The third-order valence-corrected chi connectivity index (χ3v) is 3.01. The van der Waals surface area contributed by atoms with Gasteiger partial charge in [0.15, 0.2) is 5.82 Å². The number of anilines is 2. The standard InChI is InChI=1S/C12H13ClN4O2/c1-6-10(14)11(17(2)16-6)15-12(19)7-3-4-9(18)8(13)5-7/h3-5,18H,14H2,1-2H3,(H,15,19). The highest BCUT2D eigenvalue weighted by Gasteiger charge is 2.15. The first kappa shape index (κ1) is 13.2. The molecule has 2 rings (SSSR count). The number of benzene rings is 1. The summed E-state index contributed by atoms with van der Waals surface area (Å²) in [5.74, 6) is -0.0302. The third-order valence-electron chi connectivity index (χ3n) is 2.71. The zero-order chi connectivity index (χ0) is 14.2. The molecule has 0 unspecified atom stereocenters. The number of phenolic OH excluding ortho intramolecular Hbond substituents is 1. The largest absolute Gasteiger partial charge is 0.506 e. The molecule has 1 amide bonds. The van der Waals surface area contributed by atoms with Gasteiger partial charge in [-0.25, -0.2) is 0 Å². The first-order valence-electron chi connectivity index (χ1n) is 5.49. The van der Waals surface area contributed by atoms with E-state index in [2.05, 4.69) is 10.4 Å². The second kappa shape index (κ2) is 4.81. The van der Waals surface area contributed by atoms with Crippen molar-refractivity contribution in [3.63, 3.8) is 0 Å². The number of carbonyl (C=O) groups excluding carboxylic acids is 1. The van der Waals surface area contributed by atoms with Crippen LogP contribution in [0.4, 0.5) is 11.5 Å². The molecule has 2 aromatic rings. The molecule has 6 nitrogen and oxygen atoms in total. The molecule has 1 heterocycles. The summed E-state index contributed by atoms with van der Waals surface area (Å²) in [7, 11) is 1.68. The van der Waals surface area contributed by atoms with Crippen LogP contribution < -0.4 is 11.1 Å². The Morgan fingerprint density at radius 3 is 2.74 bits per heavy atom. The molecular formula is C12H13ClN4O2. The van der Waals surface area contributed by atoms with E-state index in [9.17, 15) is 9.90 Å². The monoisotopic (exact) mass is 280 g/mol. The van der Waals surface area contributed by atoms with Gasteiger partial charge in [0.2, 0.25) is 0 Å². The number of nitrogens with two attached hydrogens (primary N) is 1. The summed E-state index contributed by atoms with van der Waals surface area (Å²) < 4.78 is 1.49. The molecule has 19 heavy (non-hydrogen) atoms. The van der Waals surface area contributed by atoms with E-state index in [1.54, 1.807) is 14.0 Å². The van der Waals surface area contributed by atoms with E-state index in [1.807, 2.05) is 0 Å². The summed E-state index contributed by atoms with van der Waals surface area (Å²) >= 11 is 5.76. The normalized spacial score (nSPS) is 10.5. The Morgan fingerprint density at radius 1 is 1.53 bits per heavy atom. The maximum atomic E-state index is 12.0. The van der Waals surface area contributed by atoms with Crippen molar-refractivity contribution in [1.82, 2.24) is 9.78 Å². The van der Waals surface area contributed by atoms with Gasteiger partial charge in [-0.15, -0.1) is 0 Å². The Kier molecular flexibility index (Phi) is 3.35.